The first-order chi connectivity index (χ1) is 18.1. The largest absolute Gasteiger partial charge is 0.392 e. The van der Waals surface area contributed by atoms with Crippen molar-refractivity contribution in [3.63, 3.8) is 0 Å². The minimum Gasteiger partial charge on any atom is -0.392 e. The van der Waals surface area contributed by atoms with Crippen molar-refractivity contribution < 1.29 is 30.3 Å². The van der Waals surface area contributed by atoms with E-state index in [1.54, 1.807) is 0 Å². The molecule has 1 saturated carbocycles. The molecule has 1 fully saturated rings. The van der Waals surface area contributed by atoms with Crippen LogP contribution in [0.1, 0.15) is 121 Å². The maximum atomic E-state index is 11.4. The SMILES string of the molecule is CCC(C)(CC(C)(C)C)C(O)CC(O)C(COC1CCCCC(O)C(O)C1O)NC(=S)NC(C)(C)CC(C)(C)C. The monoisotopic (exact) mass is 590 g/mol. The van der Waals surface area contributed by atoms with E-state index in [4.69, 9.17) is 17.0 Å². The number of thiocarbonyl (C=S) groups is 1. The van der Waals surface area contributed by atoms with E-state index in [0.29, 0.717) is 18.0 Å². The van der Waals surface area contributed by atoms with E-state index in [2.05, 4.69) is 79.9 Å². The molecule has 0 radical (unpaired) electrons. The molecule has 8 atom stereocenters. The van der Waals surface area contributed by atoms with Gasteiger partial charge in [0.25, 0.3) is 0 Å². The number of hydrogen-bond acceptors (Lipinski definition) is 7. The summed E-state index contributed by atoms with van der Waals surface area (Å²) in [7, 11) is 0. The summed E-state index contributed by atoms with van der Waals surface area (Å²) in [4.78, 5) is 0. The fourth-order valence-electron chi connectivity index (χ4n) is 6.40. The number of aliphatic hydroxyl groups is 5. The Morgan fingerprint density at radius 1 is 0.875 bits per heavy atom. The normalized spacial score (nSPS) is 27.1. The van der Waals surface area contributed by atoms with E-state index >= 15 is 0 Å². The van der Waals surface area contributed by atoms with Crippen molar-refractivity contribution >= 4 is 17.3 Å². The maximum Gasteiger partial charge on any atom is 0.167 e. The highest BCUT2D eigenvalue weighted by atomic mass is 32.1. The van der Waals surface area contributed by atoms with Crippen molar-refractivity contribution in [1.29, 1.82) is 0 Å². The molecule has 1 aliphatic carbocycles. The molecule has 40 heavy (non-hydrogen) atoms. The maximum absolute atomic E-state index is 11.4. The fourth-order valence-corrected chi connectivity index (χ4v) is 6.82. The lowest BCUT2D eigenvalue weighted by Gasteiger charge is -2.41. The molecule has 0 aromatic rings. The van der Waals surface area contributed by atoms with Crippen molar-refractivity contribution in [3.8, 4) is 0 Å². The van der Waals surface area contributed by atoms with Crippen LogP contribution in [0.25, 0.3) is 0 Å². The number of rotatable bonds is 12. The molecule has 0 aliphatic heterocycles. The van der Waals surface area contributed by atoms with Crippen LogP contribution in [0.4, 0.5) is 0 Å². The van der Waals surface area contributed by atoms with Crippen molar-refractivity contribution in [3.05, 3.63) is 0 Å². The van der Waals surface area contributed by atoms with E-state index in [9.17, 15) is 25.5 Å². The summed E-state index contributed by atoms with van der Waals surface area (Å²) in [5.41, 5.74) is -0.591. The van der Waals surface area contributed by atoms with Crippen LogP contribution < -0.4 is 10.6 Å². The average molecular weight is 591 g/mol. The molecule has 0 spiro atoms. The molecule has 9 heteroatoms. The molecule has 8 nitrogen and oxygen atoms in total. The molecule has 238 valence electrons. The molecular formula is C31H62N2O6S. The predicted molar refractivity (Wildman–Crippen MR) is 166 cm³/mol. The molecule has 0 aromatic heterocycles. The van der Waals surface area contributed by atoms with Gasteiger partial charge in [-0.1, -0.05) is 68.2 Å². The van der Waals surface area contributed by atoms with Gasteiger partial charge in [0.2, 0.25) is 0 Å². The summed E-state index contributed by atoms with van der Waals surface area (Å²) in [6, 6.07) is -0.671. The molecular weight excluding hydrogens is 528 g/mol. The molecule has 0 saturated heterocycles. The lowest BCUT2D eigenvalue weighted by molar-refractivity contribution is -0.138. The van der Waals surface area contributed by atoms with Crippen molar-refractivity contribution in [1.82, 2.24) is 10.6 Å². The van der Waals surface area contributed by atoms with Crippen LogP contribution in [0.2, 0.25) is 0 Å². The van der Waals surface area contributed by atoms with Gasteiger partial charge in [-0.05, 0) is 74.4 Å². The van der Waals surface area contributed by atoms with Gasteiger partial charge in [0.05, 0.1) is 37.1 Å². The third-order valence-corrected chi connectivity index (χ3v) is 8.29. The smallest absolute Gasteiger partial charge is 0.167 e. The van der Waals surface area contributed by atoms with Gasteiger partial charge in [-0.3, -0.25) is 0 Å². The van der Waals surface area contributed by atoms with E-state index in [1.165, 1.54) is 0 Å². The Kier molecular flexibility index (Phi) is 14.3. The Labute approximate surface area is 249 Å². The summed E-state index contributed by atoms with van der Waals surface area (Å²) in [6.07, 6.45) is -1.02. The van der Waals surface area contributed by atoms with Crippen LogP contribution in [-0.2, 0) is 4.74 Å². The molecule has 8 unspecified atom stereocenters. The Bertz CT molecular complexity index is 768. The van der Waals surface area contributed by atoms with Gasteiger partial charge in [0, 0.05) is 12.0 Å². The third kappa shape index (κ3) is 13.2. The lowest BCUT2D eigenvalue weighted by Crippen LogP contribution is -2.57. The van der Waals surface area contributed by atoms with Crippen LogP contribution in [0.5, 0.6) is 0 Å². The quantitative estimate of drug-likeness (QED) is 0.168. The third-order valence-electron chi connectivity index (χ3n) is 8.07. The van der Waals surface area contributed by atoms with E-state index in [0.717, 1.165) is 32.1 Å². The second-order valence-corrected chi connectivity index (χ2v) is 16.0. The molecule has 0 heterocycles. The number of nitrogens with one attached hydrogen (secondary N) is 2. The highest BCUT2D eigenvalue weighted by molar-refractivity contribution is 7.80. The first-order valence-corrected chi connectivity index (χ1v) is 15.6. The average Bonchev–Trinajstić information content (AvgIpc) is 2.77. The molecule has 0 amide bonds. The number of aliphatic hydroxyl groups excluding tert-OH is 5. The Hall–Kier alpha value is -0.550. The van der Waals surface area contributed by atoms with Gasteiger partial charge in [-0.25, -0.2) is 0 Å². The second kappa shape index (κ2) is 15.3. The van der Waals surface area contributed by atoms with E-state index in [1.807, 2.05) is 0 Å². The summed E-state index contributed by atoms with van der Waals surface area (Å²) >= 11 is 5.66. The van der Waals surface area contributed by atoms with E-state index in [-0.39, 0.29) is 34.8 Å². The summed E-state index contributed by atoms with van der Waals surface area (Å²) in [5, 5.41) is 60.9. The van der Waals surface area contributed by atoms with Crippen LogP contribution in [0, 0.1) is 16.2 Å². The van der Waals surface area contributed by atoms with Gasteiger partial charge < -0.3 is 40.9 Å². The molecule has 7 N–H and O–H groups in total. The van der Waals surface area contributed by atoms with Gasteiger partial charge in [-0.2, -0.15) is 0 Å². The molecule has 0 aromatic carbocycles. The van der Waals surface area contributed by atoms with Crippen LogP contribution >= 0.6 is 12.2 Å². The zero-order chi connectivity index (χ0) is 31.1. The van der Waals surface area contributed by atoms with E-state index < -0.39 is 42.7 Å². The first-order valence-electron chi connectivity index (χ1n) is 15.2. The van der Waals surface area contributed by atoms with Crippen LogP contribution in [0.15, 0.2) is 0 Å². The highest BCUT2D eigenvalue weighted by Gasteiger charge is 2.39. The Balaban J connectivity index is 3.10. The Morgan fingerprint density at radius 2 is 1.43 bits per heavy atom. The molecule has 0 bridgehead atoms. The standard InChI is InChI=1S/C31H62N2O6S/c1-11-31(10,19-29(5,6)7)24(36)16-22(35)20(32-27(40)33-30(8,9)18-28(2,3)4)17-39-23-15-13-12-14-21(34)25(37)26(23)38/h20-26,34-38H,11-19H2,1-10H3,(H2,32,33,40). The van der Waals surface area contributed by atoms with Crippen LogP contribution in [0.3, 0.4) is 0 Å². The number of hydrogen-bond donors (Lipinski definition) is 7. The minimum atomic E-state index is -1.30. The van der Waals surface area contributed by atoms with Gasteiger partial charge in [-0.15, -0.1) is 0 Å². The summed E-state index contributed by atoms with van der Waals surface area (Å²) in [5.74, 6) is 0. The van der Waals surface area contributed by atoms with Crippen molar-refractivity contribution in [2.45, 2.75) is 169 Å². The summed E-state index contributed by atoms with van der Waals surface area (Å²) < 4.78 is 6.11. The molecule has 1 rings (SSSR count). The van der Waals surface area contributed by atoms with Crippen molar-refractivity contribution in [2.75, 3.05) is 6.61 Å². The second-order valence-electron chi connectivity index (χ2n) is 15.6. The highest BCUT2D eigenvalue weighted by Crippen LogP contribution is 2.40. The van der Waals surface area contributed by atoms with Gasteiger partial charge in [0.1, 0.15) is 12.2 Å². The van der Waals surface area contributed by atoms with Crippen LogP contribution in [-0.4, -0.2) is 85.5 Å². The number of ether oxygens (including phenoxy) is 1. The topological polar surface area (TPSA) is 134 Å². The lowest BCUT2D eigenvalue weighted by atomic mass is 9.69. The zero-order valence-electron chi connectivity index (χ0n) is 27.0. The molecule has 1 aliphatic rings. The summed E-state index contributed by atoms with van der Waals surface area (Å²) in [6.45, 7) is 21.2. The minimum absolute atomic E-state index is 0.00204. The zero-order valence-corrected chi connectivity index (χ0v) is 27.8. The van der Waals surface area contributed by atoms with Crippen molar-refractivity contribution in [2.24, 2.45) is 16.2 Å². The fraction of sp³-hybridized carbons (Fsp3) is 0.968. The van der Waals surface area contributed by atoms with Gasteiger partial charge in [0.15, 0.2) is 5.11 Å². The Morgan fingerprint density at radius 3 is 1.95 bits per heavy atom. The van der Waals surface area contributed by atoms with Gasteiger partial charge >= 0.3 is 0 Å². The predicted octanol–water partition coefficient (Wildman–Crippen LogP) is 4.04. The first kappa shape index (κ1) is 37.5.